The van der Waals surface area contributed by atoms with Crippen LogP contribution in [0.4, 0.5) is 10.5 Å². The molecule has 0 saturated carbocycles. The van der Waals surface area contributed by atoms with Gasteiger partial charge in [-0.25, -0.2) is 14.5 Å². The Morgan fingerprint density at radius 1 is 1.22 bits per heavy atom. The number of aromatic amines is 1. The van der Waals surface area contributed by atoms with Gasteiger partial charge in [0.25, 0.3) is 5.56 Å². The number of urea groups is 1. The average molecular weight is 377 g/mol. The number of rotatable bonds is 4. The molecule has 0 radical (unpaired) electrons. The fourth-order valence-corrected chi connectivity index (χ4v) is 2.79. The lowest BCUT2D eigenvalue weighted by Crippen LogP contribution is -2.17. The number of aromatic nitrogens is 2. The van der Waals surface area contributed by atoms with Crippen molar-refractivity contribution in [2.75, 3.05) is 5.32 Å². The second-order valence-electron chi connectivity index (χ2n) is 5.53. The van der Waals surface area contributed by atoms with E-state index < -0.39 is 6.03 Å². The van der Waals surface area contributed by atoms with E-state index in [2.05, 4.69) is 15.4 Å². The molecule has 2 amide bonds. The average Bonchev–Trinajstić information content (AvgIpc) is 2.96. The van der Waals surface area contributed by atoms with Crippen LogP contribution in [0.1, 0.15) is 11.3 Å². The highest BCUT2D eigenvalue weighted by Crippen LogP contribution is 2.19. The van der Waals surface area contributed by atoms with E-state index in [-0.39, 0.29) is 5.56 Å². The zero-order valence-electron chi connectivity index (χ0n) is 14.3. The molecule has 3 aromatic rings. The van der Waals surface area contributed by atoms with Crippen LogP contribution in [0.2, 0.25) is 0 Å². The van der Waals surface area contributed by atoms with Crippen LogP contribution in [-0.2, 0) is 0 Å². The first-order valence-electron chi connectivity index (χ1n) is 7.96. The van der Waals surface area contributed by atoms with E-state index in [4.69, 9.17) is 5.26 Å². The fraction of sp³-hybridized carbons (Fsp3) is 0.0526. The van der Waals surface area contributed by atoms with Crippen LogP contribution in [0.25, 0.3) is 5.69 Å². The van der Waals surface area contributed by atoms with E-state index in [0.717, 1.165) is 16.7 Å². The summed E-state index contributed by atoms with van der Waals surface area (Å²) in [5.74, 6) is 0. The van der Waals surface area contributed by atoms with Crippen LogP contribution < -0.4 is 10.9 Å². The molecule has 0 fully saturated rings. The Morgan fingerprint density at radius 3 is 2.59 bits per heavy atom. The van der Waals surface area contributed by atoms with Gasteiger partial charge in [0.05, 0.1) is 11.3 Å². The predicted molar refractivity (Wildman–Crippen MR) is 106 cm³/mol. The van der Waals surface area contributed by atoms with Gasteiger partial charge >= 0.3 is 6.03 Å². The van der Waals surface area contributed by atoms with Crippen molar-refractivity contribution in [2.24, 2.45) is 4.99 Å². The zero-order chi connectivity index (χ0) is 19.2. The minimum Gasteiger partial charge on any atom is -0.306 e. The Hall–Kier alpha value is -3.57. The van der Waals surface area contributed by atoms with E-state index in [1.165, 1.54) is 10.9 Å². The van der Waals surface area contributed by atoms with Gasteiger partial charge in [-0.15, -0.1) is 0 Å². The third-order valence-corrected chi connectivity index (χ3v) is 4.31. The number of hydrogen-bond donors (Lipinski definition) is 2. The number of aryl methyl sites for hydroxylation is 1. The molecule has 0 atom stereocenters. The highest BCUT2D eigenvalue weighted by atomic mass is 32.2. The number of anilines is 1. The lowest BCUT2D eigenvalue weighted by atomic mass is 10.3. The molecular formula is C19H15N5O2S. The Kier molecular flexibility index (Phi) is 5.54. The number of thioether (sulfide) groups is 1. The van der Waals surface area contributed by atoms with Gasteiger partial charge in [-0.05, 0) is 55.1 Å². The van der Waals surface area contributed by atoms with Crippen LogP contribution in [0.5, 0.6) is 0 Å². The first-order chi connectivity index (χ1) is 13.1. The number of para-hydroxylation sites is 1. The van der Waals surface area contributed by atoms with Gasteiger partial charge in [0.2, 0.25) is 0 Å². The van der Waals surface area contributed by atoms with Gasteiger partial charge in [0.15, 0.2) is 0 Å². The molecular weight excluding hydrogens is 362 g/mol. The number of carbonyl (C=O) groups is 1. The third kappa shape index (κ3) is 4.34. The van der Waals surface area contributed by atoms with E-state index in [9.17, 15) is 9.59 Å². The van der Waals surface area contributed by atoms with Gasteiger partial charge < -0.3 is 5.32 Å². The van der Waals surface area contributed by atoms with Gasteiger partial charge in [-0.1, -0.05) is 18.2 Å². The molecule has 0 bridgehead atoms. The number of hydrogen-bond acceptors (Lipinski definition) is 4. The SMILES string of the molecule is Cc1[nH]n(-c2ccccc2)c(=O)c1C=NC(=O)Nc1ccc(SC#N)cc1. The maximum absolute atomic E-state index is 12.5. The van der Waals surface area contributed by atoms with Crippen molar-refractivity contribution in [3.63, 3.8) is 0 Å². The smallest absolute Gasteiger partial charge is 0.306 e. The molecule has 1 aromatic heterocycles. The second-order valence-corrected chi connectivity index (χ2v) is 6.39. The van der Waals surface area contributed by atoms with Gasteiger partial charge in [0, 0.05) is 22.5 Å². The molecule has 3 rings (SSSR count). The highest BCUT2D eigenvalue weighted by Gasteiger charge is 2.11. The molecule has 1 heterocycles. The van der Waals surface area contributed by atoms with Crippen molar-refractivity contribution in [2.45, 2.75) is 11.8 Å². The summed E-state index contributed by atoms with van der Waals surface area (Å²) in [4.78, 5) is 29.1. The fourth-order valence-electron chi connectivity index (χ4n) is 2.41. The topological polar surface area (TPSA) is 103 Å². The molecule has 2 N–H and O–H groups in total. The molecule has 0 saturated heterocycles. The largest absolute Gasteiger partial charge is 0.345 e. The minimum absolute atomic E-state index is 0.284. The predicted octanol–water partition coefficient (Wildman–Crippen LogP) is 3.70. The number of nitrogens with zero attached hydrogens (tertiary/aromatic N) is 3. The van der Waals surface area contributed by atoms with Crippen LogP contribution in [0.3, 0.4) is 0 Å². The van der Waals surface area contributed by atoms with Crippen LogP contribution in [-0.4, -0.2) is 22.0 Å². The molecule has 27 heavy (non-hydrogen) atoms. The number of H-pyrrole nitrogens is 1. The summed E-state index contributed by atoms with van der Waals surface area (Å²) in [6.07, 6.45) is 1.25. The summed E-state index contributed by atoms with van der Waals surface area (Å²) in [6.45, 7) is 1.74. The van der Waals surface area contributed by atoms with Crippen molar-refractivity contribution in [3.8, 4) is 11.1 Å². The molecule has 2 aromatic carbocycles. The number of benzene rings is 2. The molecule has 0 unspecified atom stereocenters. The Morgan fingerprint density at radius 2 is 1.93 bits per heavy atom. The summed E-state index contributed by atoms with van der Waals surface area (Å²) in [5, 5.41) is 16.2. The first-order valence-corrected chi connectivity index (χ1v) is 8.78. The van der Waals surface area contributed by atoms with Crippen molar-refractivity contribution >= 4 is 29.7 Å². The third-order valence-electron chi connectivity index (χ3n) is 3.71. The molecule has 0 aliphatic rings. The summed E-state index contributed by atoms with van der Waals surface area (Å²) in [6, 6.07) is 15.3. The number of thiocyanates is 1. The van der Waals surface area contributed by atoms with E-state index in [1.807, 2.05) is 23.6 Å². The Balaban J connectivity index is 1.74. The van der Waals surface area contributed by atoms with Gasteiger partial charge in [-0.3, -0.25) is 9.89 Å². The maximum atomic E-state index is 12.5. The molecule has 0 aliphatic heterocycles. The van der Waals surface area contributed by atoms with Crippen molar-refractivity contribution < 1.29 is 4.79 Å². The lowest BCUT2D eigenvalue weighted by Gasteiger charge is -2.01. The second kappa shape index (κ2) is 8.21. The van der Waals surface area contributed by atoms with E-state index in [0.29, 0.717) is 22.6 Å². The molecule has 0 spiro atoms. The molecule has 134 valence electrons. The number of carbonyl (C=O) groups excluding carboxylic acids is 1. The molecule has 8 heteroatoms. The molecule has 0 aliphatic carbocycles. The number of aliphatic imine (C=N–C) groups is 1. The Bertz CT molecular complexity index is 1080. The number of amides is 2. The van der Waals surface area contributed by atoms with E-state index >= 15 is 0 Å². The first kappa shape index (κ1) is 18.2. The normalized spacial score (nSPS) is 10.7. The van der Waals surface area contributed by atoms with Crippen molar-refractivity contribution in [3.05, 3.63) is 76.2 Å². The zero-order valence-corrected chi connectivity index (χ0v) is 15.2. The monoisotopic (exact) mass is 377 g/mol. The summed E-state index contributed by atoms with van der Waals surface area (Å²) >= 11 is 1.04. The summed E-state index contributed by atoms with van der Waals surface area (Å²) in [7, 11) is 0. The maximum Gasteiger partial charge on any atom is 0.345 e. The number of nitriles is 1. The minimum atomic E-state index is -0.595. The van der Waals surface area contributed by atoms with Crippen LogP contribution in [0, 0.1) is 17.6 Å². The van der Waals surface area contributed by atoms with Crippen LogP contribution in [0.15, 0.2) is 69.3 Å². The van der Waals surface area contributed by atoms with Crippen LogP contribution >= 0.6 is 11.8 Å². The summed E-state index contributed by atoms with van der Waals surface area (Å²) < 4.78 is 1.40. The number of nitrogens with one attached hydrogen (secondary N) is 2. The lowest BCUT2D eigenvalue weighted by molar-refractivity contribution is 0.259. The summed E-state index contributed by atoms with van der Waals surface area (Å²) in [5.41, 5.74) is 1.89. The quantitative estimate of drug-likeness (QED) is 0.411. The standard InChI is InChI=1S/C19H15N5O2S/c1-13-17(18(25)24(23-13)15-5-3-2-4-6-15)11-21-19(26)22-14-7-9-16(10-8-14)27-12-20/h2-11,23H,1H3,(H,22,26). The molecule has 7 nitrogen and oxygen atoms in total. The van der Waals surface area contributed by atoms with E-state index in [1.54, 1.807) is 43.3 Å². The Labute approximate surface area is 159 Å². The highest BCUT2D eigenvalue weighted by molar-refractivity contribution is 8.03. The van der Waals surface area contributed by atoms with Crippen molar-refractivity contribution in [1.29, 1.82) is 5.26 Å². The van der Waals surface area contributed by atoms with Gasteiger partial charge in [0.1, 0.15) is 5.40 Å². The van der Waals surface area contributed by atoms with Gasteiger partial charge in [-0.2, -0.15) is 5.26 Å². The van der Waals surface area contributed by atoms with Crippen molar-refractivity contribution in [1.82, 2.24) is 9.78 Å².